The fourth-order valence-electron chi connectivity index (χ4n) is 2.75. The SMILES string of the molecule is O=C(Nc1ccccc1)Nc1ccc(C(=O)Nc2ccc(NC(=O)c3ccco3)cc2)s1. The monoisotopic (exact) mass is 446 g/mol. The first-order valence-electron chi connectivity index (χ1n) is 9.56. The third kappa shape index (κ3) is 5.41. The second-order valence-corrected chi connectivity index (χ2v) is 7.66. The number of benzene rings is 2. The van der Waals surface area contributed by atoms with Gasteiger partial charge in [0.25, 0.3) is 11.8 Å². The van der Waals surface area contributed by atoms with Crippen molar-refractivity contribution < 1.29 is 18.8 Å². The van der Waals surface area contributed by atoms with Gasteiger partial charge in [0.2, 0.25) is 0 Å². The van der Waals surface area contributed by atoms with Crippen LogP contribution in [0.2, 0.25) is 0 Å². The highest BCUT2D eigenvalue weighted by atomic mass is 32.1. The molecule has 0 aliphatic carbocycles. The van der Waals surface area contributed by atoms with Crippen LogP contribution in [0.25, 0.3) is 0 Å². The van der Waals surface area contributed by atoms with Gasteiger partial charge in [-0.25, -0.2) is 4.79 Å². The summed E-state index contributed by atoms with van der Waals surface area (Å²) in [6, 6.07) is 21.9. The minimum absolute atomic E-state index is 0.210. The second-order valence-electron chi connectivity index (χ2n) is 6.57. The minimum Gasteiger partial charge on any atom is -0.459 e. The summed E-state index contributed by atoms with van der Waals surface area (Å²) in [7, 11) is 0. The largest absolute Gasteiger partial charge is 0.459 e. The average molecular weight is 446 g/mol. The number of furan rings is 1. The van der Waals surface area contributed by atoms with Gasteiger partial charge in [-0.15, -0.1) is 11.3 Å². The Kier molecular flexibility index (Phi) is 6.28. The van der Waals surface area contributed by atoms with E-state index in [4.69, 9.17) is 4.42 Å². The average Bonchev–Trinajstić information content (AvgIpc) is 3.48. The number of hydrogen-bond donors (Lipinski definition) is 4. The quantitative estimate of drug-likeness (QED) is 0.314. The highest BCUT2D eigenvalue weighted by molar-refractivity contribution is 7.18. The first kappa shape index (κ1) is 20.9. The molecule has 2 aromatic carbocycles. The van der Waals surface area contributed by atoms with Crippen molar-refractivity contribution in [3.05, 3.63) is 95.8 Å². The first-order valence-corrected chi connectivity index (χ1v) is 10.4. The topological polar surface area (TPSA) is 112 Å². The Morgan fingerprint density at radius 3 is 1.94 bits per heavy atom. The molecule has 0 fully saturated rings. The molecule has 0 saturated heterocycles. The van der Waals surface area contributed by atoms with Crippen LogP contribution in [0.1, 0.15) is 20.2 Å². The summed E-state index contributed by atoms with van der Waals surface area (Å²) in [4.78, 5) is 37.0. The standard InChI is InChI=1S/C23H18N4O4S/c28-21(18-7-4-14-31-18)24-16-8-10-17(11-9-16)25-22(29)19-12-13-20(32-19)27-23(30)26-15-5-2-1-3-6-15/h1-14H,(H,24,28)(H,25,29)(H2,26,27,30). The van der Waals surface area contributed by atoms with Crippen LogP contribution >= 0.6 is 11.3 Å². The smallest absolute Gasteiger partial charge is 0.324 e. The number of carbonyl (C=O) groups is 3. The Balaban J connectivity index is 1.30. The molecule has 0 aliphatic rings. The predicted octanol–water partition coefficient (Wildman–Crippen LogP) is 5.49. The molecule has 0 radical (unpaired) electrons. The van der Waals surface area contributed by atoms with Crippen LogP contribution < -0.4 is 21.3 Å². The lowest BCUT2D eigenvalue weighted by Crippen LogP contribution is -2.18. The maximum absolute atomic E-state index is 12.5. The predicted molar refractivity (Wildman–Crippen MR) is 124 cm³/mol. The van der Waals surface area contributed by atoms with Crippen LogP contribution in [0.3, 0.4) is 0 Å². The zero-order valence-corrected chi connectivity index (χ0v) is 17.4. The first-order chi connectivity index (χ1) is 15.6. The van der Waals surface area contributed by atoms with Crippen molar-refractivity contribution >= 4 is 51.2 Å². The van der Waals surface area contributed by atoms with Crippen molar-refractivity contribution in [2.24, 2.45) is 0 Å². The van der Waals surface area contributed by atoms with E-state index in [-0.39, 0.29) is 17.6 Å². The molecular weight excluding hydrogens is 428 g/mol. The lowest BCUT2D eigenvalue weighted by Gasteiger charge is -2.07. The van der Waals surface area contributed by atoms with E-state index in [9.17, 15) is 14.4 Å². The summed E-state index contributed by atoms with van der Waals surface area (Å²) < 4.78 is 5.05. The number of carbonyl (C=O) groups excluding carboxylic acids is 3. The van der Waals surface area contributed by atoms with E-state index in [2.05, 4.69) is 21.3 Å². The van der Waals surface area contributed by atoms with E-state index < -0.39 is 6.03 Å². The molecular formula is C23H18N4O4S. The molecule has 4 N–H and O–H groups in total. The molecule has 4 amide bonds. The molecule has 2 aromatic heterocycles. The summed E-state index contributed by atoms with van der Waals surface area (Å²) in [6.45, 7) is 0. The Bertz CT molecular complexity index is 1220. The van der Waals surface area contributed by atoms with Gasteiger partial charge in [-0.1, -0.05) is 18.2 Å². The minimum atomic E-state index is -0.391. The van der Waals surface area contributed by atoms with Crippen LogP contribution in [0, 0.1) is 0 Å². The Hall–Kier alpha value is -4.37. The highest BCUT2D eigenvalue weighted by Crippen LogP contribution is 2.24. The molecule has 4 aromatic rings. The molecule has 160 valence electrons. The number of hydrogen-bond acceptors (Lipinski definition) is 5. The zero-order chi connectivity index (χ0) is 22.3. The molecule has 2 heterocycles. The van der Waals surface area contributed by atoms with Crippen molar-refractivity contribution in [1.82, 2.24) is 0 Å². The van der Waals surface area contributed by atoms with Gasteiger partial charge in [0.15, 0.2) is 5.76 Å². The fourth-order valence-corrected chi connectivity index (χ4v) is 3.55. The maximum Gasteiger partial charge on any atom is 0.324 e. The van der Waals surface area contributed by atoms with Gasteiger partial charge in [0.05, 0.1) is 16.1 Å². The van der Waals surface area contributed by atoms with Crippen molar-refractivity contribution in [2.45, 2.75) is 0 Å². The van der Waals surface area contributed by atoms with Crippen LogP contribution in [0.15, 0.2) is 89.5 Å². The summed E-state index contributed by atoms with van der Waals surface area (Å²) in [5.74, 6) is -0.456. The maximum atomic E-state index is 12.5. The molecule has 0 spiro atoms. The summed E-state index contributed by atoms with van der Waals surface area (Å²) in [5.41, 5.74) is 1.80. The highest BCUT2D eigenvalue weighted by Gasteiger charge is 2.12. The third-order valence-electron chi connectivity index (χ3n) is 4.24. The Morgan fingerprint density at radius 1 is 0.625 bits per heavy atom. The van der Waals surface area contributed by atoms with Gasteiger partial charge in [0, 0.05) is 17.1 Å². The molecule has 4 rings (SSSR count). The van der Waals surface area contributed by atoms with E-state index in [1.807, 2.05) is 18.2 Å². The molecule has 32 heavy (non-hydrogen) atoms. The van der Waals surface area contributed by atoms with E-state index >= 15 is 0 Å². The Labute approximate surface area is 187 Å². The van der Waals surface area contributed by atoms with Crippen molar-refractivity contribution in [3.8, 4) is 0 Å². The number of urea groups is 1. The van der Waals surface area contributed by atoms with E-state index in [0.29, 0.717) is 26.9 Å². The van der Waals surface area contributed by atoms with E-state index in [1.165, 1.54) is 6.26 Å². The van der Waals surface area contributed by atoms with Gasteiger partial charge in [-0.05, 0) is 60.7 Å². The molecule has 0 saturated carbocycles. The van der Waals surface area contributed by atoms with Crippen molar-refractivity contribution in [2.75, 3.05) is 21.3 Å². The number of para-hydroxylation sites is 1. The van der Waals surface area contributed by atoms with Crippen LogP contribution in [0.4, 0.5) is 26.9 Å². The van der Waals surface area contributed by atoms with Crippen LogP contribution in [0.5, 0.6) is 0 Å². The number of rotatable bonds is 6. The molecule has 9 heteroatoms. The number of anilines is 4. The lowest BCUT2D eigenvalue weighted by atomic mass is 10.2. The van der Waals surface area contributed by atoms with Crippen molar-refractivity contribution in [1.29, 1.82) is 0 Å². The van der Waals surface area contributed by atoms with Gasteiger partial charge >= 0.3 is 6.03 Å². The molecule has 8 nitrogen and oxygen atoms in total. The normalized spacial score (nSPS) is 10.2. The Morgan fingerprint density at radius 2 is 1.28 bits per heavy atom. The van der Waals surface area contributed by atoms with Gasteiger partial charge in [-0.3, -0.25) is 14.9 Å². The summed E-state index contributed by atoms with van der Waals surface area (Å²) in [6.07, 6.45) is 1.43. The zero-order valence-electron chi connectivity index (χ0n) is 16.6. The summed E-state index contributed by atoms with van der Waals surface area (Å²) >= 11 is 1.16. The molecule has 0 aliphatic heterocycles. The molecule has 0 atom stereocenters. The van der Waals surface area contributed by atoms with Gasteiger partial charge in [0.1, 0.15) is 0 Å². The van der Waals surface area contributed by atoms with E-state index in [0.717, 1.165) is 11.3 Å². The number of nitrogens with one attached hydrogen (secondary N) is 4. The summed E-state index contributed by atoms with van der Waals surface area (Å²) in [5, 5.41) is 11.5. The lowest BCUT2D eigenvalue weighted by molar-refractivity contribution is 0.0994. The van der Waals surface area contributed by atoms with Crippen LogP contribution in [-0.4, -0.2) is 17.8 Å². The van der Waals surface area contributed by atoms with Crippen LogP contribution in [-0.2, 0) is 0 Å². The fraction of sp³-hybridized carbons (Fsp3) is 0. The molecule has 0 unspecified atom stereocenters. The molecule has 0 bridgehead atoms. The number of thiophene rings is 1. The van der Waals surface area contributed by atoms with E-state index in [1.54, 1.807) is 60.7 Å². The number of amides is 4. The van der Waals surface area contributed by atoms with Gasteiger partial charge < -0.3 is 20.4 Å². The van der Waals surface area contributed by atoms with Gasteiger partial charge in [-0.2, -0.15) is 0 Å². The second kappa shape index (κ2) is 9.63. The van der Waals surface area contributed by atoms with Crippen molar-refractivity contribution in [3.63, 3.8) is 0 Å². The third-order valence-corrected chi connectivity index (χ3v) is 5.24.